The summed E-state index contributed by atoms with van der Waals surface area (Å²) in [4.78, 5) is 13.1. The second kappa shape index (κ2) is 4.53. The van der Waals surface area contributed by atoms with Crippen molar-refractivity contribution < 1.29 is 14.6 Å². The molecule has 0 fully saturated rings. The molecule has 1 aromatic carbocycles. The van der Waals surface area contributed by atoms with Gasteiger partial charge in [-0.2, -0.15) is 0 Å². The fourth-order valence-corrected chi connectivity index (χ4v) is 1.73. The van der Waals surface area contributed by atoms with E-state index in [1.54, 1.807) is 6.07 Å². The number of rotatable bonds is 3. The summed E-state index contributed by atoms with van der Waals surface area (Å²) in [5.74, 6) is 0.572. The maximum atomic E-state index is 11.6. The zero-order valence-electron chi connectivity index (χ0n) is 9.19. The molecular weight excluding hydrogens is 206 g/mol. The van der Waals surface area contributed by atoms with E-state index in [-0.39, 0.29) is 19.1 Å². The smallest absolute Gasteiger partial charge is 0.265 e. The molecule has 1 aromatic rings. The monoisotopic (exact) mass is 220 g/mol. The minimum absolute atomic E-state index is 0.0418. The lowest BCUT2D eigenvalue weighted by Crippen LogP contribution is -2.40. The van der Waals surface area contributed by atoms with E-state index in [4.69, 9.17) is 9.84 Å². The van der Waals surface area contributed by atoms with E-state index in [0.717, 1.165) is 12.0 Å². The average molecular weight is 220 g/mol. The van der Waals surface area contributed by atoms with E-state index >= 15 is 0 Å². The Kier molecular flexibility index (Phi) is 3.10. The number of fused-ring (bicyclic) bond motifs is 1. The second-order valence-corrected chi connectivity index (χ2v) is 3.62. The van der Waals surface area contributed by atoms with Crippen molar-refractivity contribution in [3.63, 3.8) is 0 Å². The van der Waals surface area contributed by atoms with Crippen molar-refractivity contribution in [3.8, 4) is 5.75 Å². The molecule has 85 valence electrons. The summed E-state index contributed by atoms with van der Waals surface area (Å²) in [5.41, 5.74) is 1.75. The predicted octanol–water partition coefficient (Wildman–Crippen LogP) is 0.767. The second-order valence-electron chi connectivity index (χ2n) is 3.62. The first-order valence-electron chi connectivity index (χ1n) is 5.35. The maximum absolute atomic E-state index is 11.6. The lowest BCUT2D eigenvalue weighted by molar-refractivity contribution is -0.121. The Balaban J connectivity index is 2.36. The molecule has 0 bridgehead atoms. The van der Waals surface area contributed by atoms with E-state index < -0.39 is 0 Å². The van der Waals surface area contributed by atoms with Crippen molar-refractivity contribution in [2.24, 2.45) is 0 Å². The highest BCUT2D eigenvalue weighted by molar-refractivity contribution is 5.97. The molecule has 1 radical (unpaired) electrons. The standard InChI is InChI=1S/C12H14NO3/c1-2-9-3-4-10-11(7-9)16-8-12(15)13(10)5-6-14/h4,7,14H,2,5-6,8H2,1H3. The highest BCUT2D eigenvalue weighted by Crippen LogP contribution is 2.32. The van der Waals surface area contributed by atoms with Crippen LogP contribution < -0.4 is 9.64 Å². The number of carbonyl (C=O) groups excluding carboxylic acids is 1. The Morgan fingerprint density at radius 3 is 3.12 bits per heavy atom. The van der Waals surface area contributed by atoms with Gasteiger partial charge in [-0.05, 0) is 30.2 Å². The van der Waals surface area contributed by atoms with Crippen LogP contribution in [0.4, 0.5) is 5.69 Å². The van der Waals surface area contributed by atoms with Crippen molar-refractivity contribution in [1.29, 1.82) is 0 Å². The van der Waals surface area contributed by atoms with E-state index in [1.807, 2.05) is 13.0 Å². The van der Waals surface area contributed by atoms with Crippen LogP contribution in [0, 0.1) is 6.07 Å². The molecule has 2 rings (SSSR count). The summed E-state index contributed by atoms with van der Waals surface area (Å²) in [6, 6.07) is 6.75. The van der Waals surface area contributed by atoms with Crippen molar-refractivity contribution in [2.45, 2.75) is 13.3 Å². The molecule has 1 amide bonds. The number of aliphatic hydroxyl groups is 1. The number of aryl methyl sites for hydroxylation is 1. The fourth-order valence-electron chi connectivity index (χ4n) is 1.73. The van der Waals surface area contributed by atoms with Crippen molar-refractivity contribution >= 4 is 11.6 Å². The SMILES string of the molecule is CCc1[c]cc2c(c1)OCC(=O)N2CCO. The van der Waals surface area contributed by atoms with Crippen LogP contribution in [0.15, 0.2) is 12.1 Å². The summed E-state index contributed by atoms with van der Waals surface area (Å²) in [6.45, 7) is 2.33. The van der Waals surface area contributed by atoms with Crippen LogP contribution >= 0.6 is 0 Å². The van der Waals surface area contributed by atoms with Crippen LogP contribution in [0.5, 0.6) is 5.75 Å². The third-order valence-corrected chi connectivity index (χ3v) is 2.60. The van der Waals surface area contributed by atoms with Crippen molar-refractivity contribution in [3.05, 3.63) is 23.8 Å². The highest BCUT2D eigenvalue weighted by atomic mass is 16.5. The van der Waals surface area contributed by atoms with Gasteiger partial charge in [0.15, 0.2) is 6.61 Å². The van der Waals surface area contributed by atoms with Crippen molar-refractivity contribution in [1.82, 2.24) is 0 Å². The first-order chi connectivity index (χ1) is 7.76. The molecule has 1 heterocycles. The molecule has 1 aliphatic heterocycles. The normalized spacial score (nSPS) is 14.6. The molecular formula is C12H14NO3. The van der Waals surface area contributed by atoms with Gasteiger partial charge in [-0.25, -0.2) is 0 Å². The van der Waals surface area contributed by atoms with E-state index in [1.165, 1.54) is 4.90 Å². The Bertz CT molecular complexity index is 403. The van der Waals surface area contributed by atoms with Crippen LogP contribution in [-0.2, 0) is 11.2 Å². The van der Waals surface area contributed by atoms with E-state index in [0.29, 0.717) is 18.0 Å². The number of hydrogen-bond acceptors (Lipinski definition) is 3. The summed E-state index contributed by atoms with van der Waals surface area (Å²) < 4.78 is 5.36. The number of β-amino-alcohol motifs (C(OH)–C–C–N with tert-alkyl or cyclic N) is 1. The lowest BCUT2D eigenvalue weighted by Gasteiger charge is -2.29. The molecule has 4 nitrogen and oxygen atoms in total. The zero-order valence-corrected chi connectivity index (χ0v) is 9.19. The molecule has 0 unspecified atom stereocenters. The fraction of sp³-hybridized carbons (Fsp3) is 0.417. The van der Waals surface area contributed by atoms with Gasteiger partial charge in [-0.15, -0.1) is 0 Å². The molecule has 16 heavy (non-hydrogen) atoms. The third-order valence-electron chi connectivity index (χ3n) is 2.60. The van der Waals surface area contributed by atoms with Gasteiger partial charge in [0.2, 0.25) is 0 Å². The number of benzene rings is 1. The Labute approximate surface area is 94.4 Å². The number of aliphatic hydroxyl groups excluding tert-OH is 1. The maximum Gasteiger partial charge on any atom is 0.265 e. The molecule has 0 saturated heterocycles. The minimum atomic E-state index is -0.126. The third kappa shape index (κ3) is 1.88. The summed E-state index contributed by atoms with van der Waals surface area (Å²) in [6.07, 6.45) is 0.880. The van der Waals surface area contributed by atoms with Gasteiger partial charge < -0.3 is 14.7 Å². The van der Waals surface area contributed by atoms with Gasteiger partial charge in [0.1, 0.15) is 5.75 Å². The zero-order chi connectivity index (χ0) is 11.5. The van der Waals surface area contributed by atoms with Crippen molar-refractivity contribution in [2.75, 3.05) is 24.7 Å². The number of nitrogens with zero attached hydrogens (tertiary/aromatic N) is 1. The minimum Gasteiger partial charge on any atom is -0.482 e. The highest BCUT2D eigenvalue weighted by Gasteiger charge is 2.24. The number of anilines is 1. The number of carbonyl (C=O) groups is 1. The molecule has 1 N–H and O–H groups in total. The van der Waals surface area contributed by atoms with Crippen LogP contribution in [0.2, 0.25) is 0 Å². The predicted molar refractivity (Wildman–Crippen MR) is 59.6 cm³/mol. The number of amides is 1. The first-order valence-corrected chi connectivity index (χ1v) is 5.35. The van der Waals surface area contributed by atoms with E-state index in [2.05, 4.69) is 6.07 Å². The molecule has 0 atom stereocenters. The van der Waals surface area contributed by atoms with E-state index in [9.17, 15) is 4.79 Å². The summed E-state index contributed by atoms with van der Waals surface area (Å²) in [7, 11) is 0. The molecule has 0 spiro atoms. The van der Waals surface area contributed by atoms with Crippen LogP contribution in [-0.4, -0.2) is 30.8 Å². The van der Waals surface area contributed by atoms with Gasteiger partial charge in [0, 0.05) is 6.54 Å². The topological polar surface area (TPSA) is 49.8 Å². The molecule has 1 aliphatic rings. The van der Waals surface area contributed by atoms with Crippen LogP contribution in [0.3, 0.4) is 0 Å². The van der Waals surface area contributed by atoms with Crippen LogP contribution in [0.25, 0.3) is 0 Å². The number of ether oxygens (including phenoxy) is 1. The summed E-state index contributed by atoms with van der Waals surface area (Å²) >= 11 is 0. The quantitative estimate of drug-likeness (QED) is 0.818. The first kappa shape index (κ1) is 11.0. The Hall–Kier alpha value is -1.55. The molecule has 0 aliphatic carbocycles. The van der Waals surface area contributed by atoms with Gasteiger partial charge in [0.05, 0.1) is 12.3 Å². The largest absolute Gasteiger partial charge is 0.482 e. The number of hydrogen-bond donors (Lipinski definition) is 1. The summed E-state index contributed by atoms with van der Waals surface area (Å²) in [5, 5.41) is 8.92. The van der Waals surface area contributed by atoms with Gasteiger partial charge in [-0.3, -0.25) is 4.79 Å². The molecule has 4 heteroatoms. The Morgan fingerprint density at radius 2 is 2.44 bits per heavy atom. The molecule has 0 saturated carbocycles. The van der Waals surface area contributed by atoms with Gasteiger partial charge >= 0.3 is 0 Å². The van der Waals surface area contributed by atoms with Gasteiger partial charge in [0.25, 0.3) is 5.91 Å². The Morgan fingerprint density at radius 1 is 1.62 bits per heavy atom. The van der Waals surface area contributed by atoms with Crippen LogP contribution in [0.1, 0.15) is 12.5 Å². The van der Waals surface area contributed by atoms with Gasteiger partial charge in [-0.1, -0.05) is 6.92 Å². The lowest BCUT2D eigenvalue weighted by atomic mass is 10.1. The molecule has 0 aromatic heterocycles. The average Bonchev–Trinajstić information content (AvgIpc) is 2.32.